The Morgan fingerprint density at radius 3 is 2.65 bits per heavy atom. The molecule has 20 heavy (non-hydrogen) atoms. The number of thiophene rings is 1. The summed E-state index contributed by atoms with van der Waals surface area (Å²) < 4.78 is 0. The van der Waals surface area contributed by atoms with Crippen LogP contribution in [0.2, 0.25) is 0 Å². The molecule has 104 valence electrons. The van der Waals surface area contributed by atoms with Crippen molar-refractivity contribution in [1.82, 2.24) is 15.5 Å². The molecule has 2 bridgehead atoms. The van der Waals surface area contributed by atoms with Crippen LogP contribution in [0.1, 0.15) is 40.2 Å². The topological polar surface area (TPSA) is 80.9 Å². The van der Waals surface area contributed by atoms with E-state index in [2.05, 4.69) is 15.5 Å². The van der Waals surface area contributed by atoms with Crippen LogP contribution in [-0.2, 0) is 0 Å². The maximum Gasteiger partial charge on any atom is 0.264 e. The number of fused-ring (bicyclic) bond motifs is 1. The van der Waals surface area contributed by atoms with Crippen molar-refractivity contribution in [1.29, 1.82) is 0 Å². The molecule has 6 heteroatoms. The largest absolute Gasteiger partial charge is 0.397 e. The molecule has 2 heterocycles. The lowest BCUT2D eigenvalue weighted by atomic mass is 9.50. The summed E-state index contributed by atoms with van der Waals surface area (Å²) in [5, 5.41) is 12.3. The van der Waals surface area contributed by atoms with Gasteiger partial charge in [-0.15, -0.1) is 16.4 Å². The molecular formula is C14H16N4OS. The first-order valence-electron chi connectivity index (χ1n) is 6.83. The second-order valence-corrected chi connectivity index (χ2v) is 7.15. The number of nitrogens with zero attached hydrogens (tertiary/aromatic N) is 2. The molecule has 1 amide bonds. The lowest BCUT2D eigenvalue weighted by Crippen LogP contribution is -2.68. The van der Waals surface area contributed by atoms with Crippen molar-refractivity contribution in [3.8, 4) is 0 Å². The lowest BCUT2D eigenvalue weighted by Gasteiger charge is -2.61. The molecule has 3 aliphatic rings. The molecular weight excluding hydrogens is 272 g/mol. The number of aryl methyl sites for hydroxylation is 2. The van der Waals surface area contributed by atoms with Crippen LogP contribution in [-0.4, -0.2) is 21.6 Å². The van der Waals surface area contributed by atoms with Crippen molar-refractivity contribution in [3.63, 3.8) is 0 Å². The Hall–Kier alpha value is -1.69. The number of hydrogen-bond acceptors (Lipinski definition) is 5. The van der Waals surface area contributed by atoms with E-state index in [1.807, 2.05) is 13.8 Å². The molecule has 3 fully saturated rings. The average Bonchev–Trinajstić information content (AvgIpc) is 2.65. The molecule has 0 aliphatic heterocycles. The number of rotatable bonds is 2. The number of nitrogens with one attached hydrogen (secondary N) is 1. The van der Waals surface area contributed by atoms with Crippen LogP contribution in [0.5, 0.6) is 0 Å². The third-order valence-electron chi connectivity index (χ3n) is 4.76. The molecule has 0 radical (unpaired) electrons. The highest BCUT2D eigenvalue weighted by Gasteiger charge is 2.57. The maximum atomic E-state index is 12.4. The Bertz CT molecular complexity index is 734. The summed E-state index contributed by atoms with van der Waals surface area (Å²) in [5.41, 5.74) is 8.66. The summed E-state index contributed by atoms with van der Waals surface area (Å²) >= 11 is 1.34. The highest BCUT2D eigenvalue weighted by molar-refractivity contribution is 7.21. The molecule has 3 N–H and O–H groups in total. The van der Waals surface area contributed by atoms with Crippen LogP contribution in [0.15, 0.2) is 0 Å². The van der Waals surface area contributed by atoms with Gasteiger partial charge in [0.05, 0.1) is 11.4 Å². The van der Waals surface area contributed by atoms with Gasteiger partial charge in [0.25, 0.3) is 5.91 Å². The van der Waals surface area contributed by atoms with Crippen molar-refractivity contribution in [2.75, 3.05) is 5.73 Å². The fourth-order valence-electron chi connectivity index (χ4n) is 3.34. The van der Waals surface area contributed by atoms with E-state index in [-0.39, 0.29) is 11.4 Å². The van der Waals surface area contributed by atoms with Crippen molar-refractivity contribution in [2.24, 2.45) is 5.92 Å². The summed E-state index contributed by atoms with van der Waals surface area (Å²) in [6.07, 6.45) is 3.38. The number of nitrogen functional groups attached to an aromatic ring is 1. The van der Waals surface area contributed by atoms with Crippen molar-refractivity contribution < 1.29 is 4.79 Å². The fourth-order valence-corrected chi connectivity index (χ4v) is 4.33. The minimum Gasteiger partial charge on any atom is -0.397 e. The van der Waals surface area contributed by atoms with Gasteiger partial charge in [-0.1, -0.05) is 0 Å². The number of carbonyl (C=O) groups is 1. The summed E-state index contributed by atoms with van der Waals surface area (Å²) in [6.45, 7) is 3.87. The minimum absolute atomic E-state index is 0.0549. The van der Waals surface area contributed by atoms with Gasteiger partial charge in [0, 0.05) is 10.9 Å². The minimum atomic E-state index is -0.0549. The van der Waals surface area contributed by atoms with E-state index in [4.69, 9.17) is 5.73 Å². The molecule has 0 unspecified atom stereocenters. The molecule has 0 atom stereocenters. The second kappa shape index (κ2) is 3.69. The summed E-state index contributed by atoms with van der Waals surface area (Å²) in [5.74, 6) is 0.784. The van der Waals surface area contributed by atoms with Crippen molar-refractivity contribution in [2.45, 2.75) is 38.6 Å². The smallest absolute Gasteiger partial charge is 0.264 e. The molecule has 0 saturated heterocycles. The number of aromatic nitrogens is 2. The molecule has 2 aromatic heterocycles. The number of carbonyl (C=O) groups excluding carboxylic acids is 1. The fraction of sp³-hybridized carbons (Fsp3) is 0.500. The highest BCUT2D eigenvalue weighted by Crippen LogP contribution is 2.57. The van der Waals surface area contributed by atoms with Crippen LogP contribution >= 0.6 is 11.3 Å². The average molecular weight is 288 g/mol. The van der Waals surface area contributed by atoms with Gasteiger partial charge in [-0.3, -0.25) is 4.79 Å². The van der Waals surface area contributed by atoms with Crippen LogP contribution in [0.3, 0.4) is 0 Å². The molecule has 0 aromatic carbocycles. The van der Waals surface area contributed by atoms with E-state index in [1.54, 1.807) is 0 Å². The second-order valence-electron chi connectivity index (χ2n) is 6.15. The number of nitrogens with two attached hydrogens (primary N) is 1. The third kappa shape index (κ3) is 1.45. The third-order valence-corrected chi connectivity index (χ3v) is 5.85. The lowest BCUT2D eigenvalue weighted by molar-refractivity contribution is -0.0437. The zero-order chi connectivity index (χ0) is 14.1. The first kappa shape index (κ1) is 12.1. The summed E-state index contributed by atoms with van der Waals surface area (Å²) in [6, 6.07) is 0. The van der Waals surface area contributed by atoms with Gasteiger partial charge in [-0.05, 0) is 44.6 Å². The van der Waals surface area contributed by atoms with Crippen LogP contribution in [0.4, 0.5) is 5.69 Å². The van der Waals surface area contributed by atoms with Crippen LogP contribution < -0.4 is 11.1 Å². The quantitative estimate of drug-likeness (QED) is 0.887. The Morgan fingerprint density at radius 2 is 2.05 bits per heavy atom. The molecule has 5 nitrogen and oxygen atoms in total. The Kier molecular flexibility index (Phi) is 2.23. The van der Waals surface area contributed by atoms with Crippen molar-refractivity contribution in [3.05, 3.63) is 16.1 Å². The van der Waals surface area contributed by atoms with Crippen LogP contribution in [0, 0.1) is 19.8 Å². The standard InChI is InChI=1S/C14H16N4OS/c1-6-7(2)17-18-13-9(6)10(15)11(20-13)12(19)16-14-3-8(4-14)5-14/h8H,3-5,15H2,1-2H3,(H,16,19). The summed E-state index contributed by atoms with van der Waals surface area (Å²) in [4.78, 5) is 13.8. The normalized spacial score (nSPS) is 27.0. The number of amides is 1. The van der Waals surface area contributed by atoms with E-state index in [9.17, 15) is 4.79 Å². The van der Waals surface area contributed by atoms with E-state index in [1.165, 1.54) is 11.3 Å². The van der Waals surface area contributed by atoms with E-state index < -0.39 is 0 Å². The van der Waals surface area contributed by atoms with E-state index in [0.29, 0.717) is 10.6 Å². The maximum absolute atomic E-state index is 12.4. The van der Waals surface area contributed by atoms with Gasteiger partial charge in [-0.2, -0.15) is 5.10 Å². The highest BCUT2D eigenvalue weighted by atomic mass is 32.1. The Morgan fingerprint density at radius 1 is 1.35 bits per heavy atom. The molecule has 5 rings (SSSR count). The first-order chi connectivity index (χ1) is 9.49. The number of anilines is 1. The van der Waals surface area contributed by atoms with Gasteiger partial charge >= 0.3 is 0 Å². The zero-order valence-corrected chi connectivity index (χ0v) is 12.3. The molecule has 3 saturated carbocycles. The molecule has 0 spiro atoms. The summed E-state index contributed by atoms with van der Waals surface area (Å²) in [7, 11) is 0. The predicted molar refractivity (Wildman–Crippen MR) is 78.8 cm³/mol. The van der Waals surface area contributed by atoms with Gasteiger partial charge in [0.1, 0.15) is 9.71 Å². The van der Waals surface area contributed by atoms with E-state index in [0.717, 1.165) is 46.7 Å². The van der Waals surface area contributed by atoms with Crippen LogP contribution in [0.25, 0.3) is 10.2 Å². The Labute approximate surface area is 120 Å². The van der Waals surface area contributed by atoms with E-state index >= 15 is 0 Å². The predicted octanol–water partition coefficient (Wildman–Crippen LogP) is 2.17. The van der Waals surface area contributed by atoms with Crippen molar-refractivity contribution >= 4 is 33.1 Å². The SMILES string of the molecule is Cc1nnc2sc(C(=O)NC34CC(C3)C4)c(N)c2c1C. The molecule has 2 aromatic rings. The zero-order valence-electron chi connectivity index (χ0n) is 11.5. The van der Waals surface area contributed by atoms with Gasteiger partial charge < -0.3 is 11.1 Å². The number of hydrogen-bond donors (Lipinski definition) is 2. The monoisotopic (exact) mass is 288 g/mol. The Balaban J connectivity index is 1.74. The molecule has 3 aliphatic carbocycles. The van der Waals surface area contributed by atoms with Gasteiger partial charge in [0.15, 0.2) is 0 Å². The van der Waals surface area contributed by atoms with Gasteiger partial charge in [-0.25, -0.2) is 0 Å². The first-order valence-corrected chi connectivity index (χ1v) is 7.65. The van der Waals surface area contributed by atoms with Gasteiger partial charge in [0.2, 0.25) is 0 Å².